The molecule has 0 unspecified atom stereocenters. The molecule has 0 atom stereocenters. The zero-order valence-corrected chi connectivity index (χ0v) is 15.8. The van der Waals surface area contributed by atoms with Crippen molar-refractivity contribution in [3.63, 3.8) is 0 Å². The summed E-state index contributed by atoms with van der Waals surface area (Å²) < 4.78 is 103. The van der Waals surface area contributed by atoms with Crippen molar-refractivity contribution in [2.24, 2.45) is 0 Å². The average Bonchev–Trinajstić information content (AvgIpc) is 2.99. The highest BCUT2D eigenvalue weighted by atomic mass is 32.2. The number of carbonyl (C=O) groups excluding carboxylic acids is 1. The number of carbonyl (C=O) groups is 1. The smallest absolute Gasteiger partial charge is 0.322 e. The summed E-state index contributed by atoms with van der Waals surface area (Å²) in [7, 11) is -3.53. The molecule has 1 saturated heterocycles. The van der Waals surface area contributed by atoms with E-state index in [9.17, 15) is 39.6 Å². The van der Waals surface area contributed by atoms with Crippen LogP contribution in [0.2, 0.25) is 0 Å². The maximum atomic E-state index is 13.0. The summed E-state index contributed by atoms with van der Waals surface area (Å²) in [6.45, 7) is 0.204. The number of anilines is 2. The van der Waals surface area contributed by atoms with Crippen LogP contribution in [0.4, 0.5) is 37.7 Å². The van der Waals surface area contributed by atoms with Crippen molar-refractivity contribution in [1.82, 2.24) is 0 Å². The predicted octanol–water partition coefficient (Wildman–Crippen LogP) is 4.52. The summed E-state index contributed by atoms with van der Waals surface area (Å²) in [5, 5.41) is 2.01. The molecular weight excluding hydrogens is 438 g/mol. The van der Waals surface area contributed by atoms with Gasteiger partial charge in [0.25, 0.3) is 5.91 Å². The standard InChI is InChI=1S/C18H14F6N2O3S/c19-17(20,21)12-8-13(18(22,23)24)10-14(9-12)25-16(27)11-3-1-4-15(7-11)26-5-2-6-30(26,28)29/h1,3-4,7-10H,2,5-6H2,(H,25,27). The number of sulfonamides is 1. The number of hydrogen-bond acceptors (Lipinski definition) is 3. The number of nitrogens with zero attached hydrogens (tertiary/aromatic N) is 1. The van der Waals surface area contributed by atoms with Gasteiger partial charge in [0.05, 0.1) is 22.6 Å². The van der Waals surface area contributed by atoms with Gasteiger partial charge in [-0.15, -0.1) is 0 Å². The van der Waals surface area contributed by atoms with E-state index in [2.05, 4.69) is 0 Å². The summed E-state index contributed by atoms with van der Waals surface area (Å²) >= 11 is 0. The first kappa shape index (κ1) is 21.9. The molecule has 1 N–H and O–H groups in total. The molecule has 0 aliphatic carbocycles. The molecular formula is C18H14F6N2O3S. The van der Waals surface area contributed by atoms with Crippen LogP contribution in [-0.4, -0.2) is 26.6 Å². The topological polar surface area (TPSA) is 66.5 Å². The van der Waals surface area contributed by atoms with Crippen molar-refractivity contribution in [3.05, 3.63) is 59.2 Å². The van der Waals surface area contributed by atoms with E-state index in [0.29, 0.717) is 18.6 Å². The maximum absolute atomic E-state index is 13.0. The molecule has 0 bridgehead atoms. The number of halogens is 6. The van der Waals surface area contributed by atoms with Gasteiger partial charge in [-0.05, 0) is 42.8 Å². The first-order valence-corrected chi connectivity index (χ1v) is 10.1. The van der Waals surface area contributed by atoms with E-state index < -0.39 is 45.1 Å². The highest BCUT2D eigenvalue weighted by Crippen LogP contribution is 2.37. The lowest BCUT2D eigenvalue weighted by atomic mass is 10.1. The predicted molar refractivity (Wildman–Crippen MR) is 96.6 cm³/mol. The number of benzene rings is 2. The van der Waals surface area contributed by atoms with E-state index >= 15 is 0 Å². The Bertz CT molecular complexity index is 1050. The molecule has 1 heterocycles. The fourth-order valence-electron chi connectivity index (χ4n) is 2.96. The Morgan fingerprint density at radius 2 is 1.53 bits per heavy atom. The van der Waals surface area contributed by atoms with E-state index in [1.54, 1.807) is 0 Å². The molecule has 1 amide bonds. The van der Waals surface area contributed by atoms with Crippen LogP contribution in [0.15, 0.2) is 42.5 Å². The Morgan fingerprint density at radius 1 is 0.933 bits per heavy atom. The van der Waals surface area contributed by atoms with Crippen LogP contribution in [0.25, 0.3) is 0 Å². The Balaban J connectivity index is 1.92. The zero-order valence-electron chi connectivity index (χ0n) is 15.0. The normalized spacial score (nSPS) is 16.5. The Labute approximate surface area is 167 Å². The zero-order chi connectivity index (χ0) is 22.3. The van der Waals surface area contributed by atoms with Gasteiger partial charge in [-0.2, -0.15) is 26.3 Å². The highest BCUT2D eigenvalue weighted by Gasteiger charge is 2.37. The van der Waals surface area contributed by atoms with Gasteiger partial charge in [0.2, 0.25) is 10.0 Å². The van der Waals surface area contributed by atoms with E-state index in [0.717, 1.165) is 4.31 Å². The second-order valence-corrected chi connectivity index (χ2v) is 8.55. The van der Waals surface area contributed by atoms with Crippen LogP contribution in [0.3, 0.4) is 0 Å². The fraction of sp³-hybridized carbons (Fsp3) is 0.278. The van der Waals surface area contributed by atoms with Gasteiger partial charge in [0, 0.05) is 17.8 Å². The molecule has 2 aromatic carbocycles. The van der Waals surface area contributed by atoms with Crippen molar-refractivity contribution in [2.75, 3.05) is 21.9 Å². The third-order valence-electron chi connectivity index (χ3n) is 4.34. The summed E-state index contributed by atoms with van der Waals surface area (Å²) in [6, 6.07) is 6.01. The van der Waals surface area contributed by atoms with Crippen LogP contribution < -0.4 is 9.62 Å². The molecule has 12 heteroatoms. The lowest BCUT2D eigenvalue weighted by Gasteiger charge is -2.18. The Morgan fingerprint density at radius 3 is 2.03 bits per heavy atom. The SMILES string of the molecule is O=C(Nc1cc(C(F)(F)F)cc(C(F)(F)F)c1)c1cccc(N2CCCS2(=O)=O)c1. The van der Waals surface area contributed by atoms with Crippen molar-refractivity contribution in [2.45, 2.75) is 18.8 Å². The van der Waals surface area contributed by atoms with Crippen molar-refractivity contribution >= 4 is 27.3 Å². The van der Waals surface area contributed by atoms with E-state index in [1.165, 1.54) is 24.3 Å². The van der Waals surface area contributed by atoms with Crippen LogP contribution in [0, 0.1) is 0 Å². The van der Waals surface area contributed by atoms with E-state index in [4.69, 9.17) is 0 Å². The van der Waals surface area contributed by atoms with Gasteiger partial charge in [0.15, 0.2) is 0 Å². The number of alkyl halides is 6. The largest absolute Gasteiger partial charge is 0.416 e. The van der Waals surface area contributed by atoms with Crippen LogP contribution in [-0.2, 0) is 22.4 Å². The molecule has 1 aliphatic heterocycles. The van der Waals surface area contributed by atoms with Crippen molar-refractivity contribution < 1.29 is 39.6 Å². The van der Waals surface area contributed by atoms with E-state index in [1.807, 2.05) is 5.32 Å². The third kappa shape index (κ3) is 4.69. The minimum absolute atomic E-state index is 0.0471. The van der Waals surface area contributed by atoms with Crippen molar-refractivity contribution in [3.8, 4) is 0 Å². The van der Waals surface area contributed by atoms with Gasteiger partial charge in [-0.3, -0.25) is 9.10 Å². The molecule has 0 radical (unpaired) electrons. The number of hydrogen-bond donors (Lipinski definition) is 1. The first-order valence-electron chi connectivity index (χ1n) is 8.49. The van der Waals surface area contributed by atoms with E-state index in [-0.39, 0.29) is 29.6 Å². The number of amides is 1. The van der Waals surface area contributed by atoms with Crippen LogP contribution >= 0.6 is 0 Å². The average molecular weight is 452 g/mol. The Hall–Kier alpha value is -2.76. The molecule has 30 heavy (non-hydrogen) atoms. The van der Waals surface area contributed by atoms with Gasteiger partial charge in [-0.1, -0.05) is 6.07 Å². The molecule has 1 fully saturated rings. The van der Waals surface area contributed by atoms with Gasteiger partial charge in [0.1, 0.15) is 0 Å². The summed E-state index contributed by atoms with van der Waals surface area (Å²) in [5.41, 5.74) is -3.77. The lowest BCUT2D eigenvalue weighted by molar-refractivity contribution is -0.143. The highest BCUT2D eigenvalue weighted by molar-refractivity contribution is 7.93. The molecule has 0 saturated carbocycles. The monoisotopic (exact) mass is 452 g/mol. The summed E-state index contributed by atoms with van der Waals surface area (Å²) in [5.74, 6) is -1.05. The molecule has 2 aromatic rings. The minimum atomic E-state index is -5.05. The minimum Gasteiger partial charge on any atom is -0.322 e. The quantitative estimate of drug-likeness (QED) is 0.697. The second kappa shape index (κ2) is 7.49. The van der Waals surface area contributed by atoms with Crippen molar-refractivity contribution in [1.29, 1.82) is 0 Å². The molecule has 5 nitrogen and oxygen atoms in total. The molecule has 3 rings (SSSR count). The number of rotatable bonds is 3. The maximum Gasteiger partial charge on any atom is 0.416 e. The second-order valence-electron chi connectivity index (χ2n) is 6.54. The molecule has 0 spiro atoms. The Kier molecular flexibility index (Phi) is 5.48. The van der Waals surface area contributed by atoms with Gasteiger partial charge in [-0.25, -0.2) is 8.42 Å². The molecule has 1 aliphatic rings. The molecule has 0 aromatic heterocycles. The molecule has 162 valence electrons. The summed E-state index contributed by atoms with van der Waals surface area (Å²) in [4.78, 5) is 12.4. The summed E-state index contributed by atoms with van der Waals surface area (Å²) in [6.07, 6.45) is -9.71. The van der Waals surface area contributed by atoms with Gasteiger partial charge >= 0.3 is 12.4 Å². The fourth-order valence-corrected chi connectivity index (χ4v) is 4.52. The van der Waals surface area contributed by atoms with Gasteiger partial charge < -0.3 is 5.32 Å². The lowest BCUT2D eigenvalue weighted by Crippen LogP contribution is -2.25. The first-order chi connectivity index (χ1) is 13.8. The van der Waals surface area contributed by atoms with Crippen LogP contribution in [0.5, 0.6) is 0 Å². The number of nitrogens with one attached hydrogen (secondary N) is 1. The van der Waals surface area contributed by atoms with Crippen LogP contribution in [0.1, 0.15) is 27.9 Å². The third-order valence-corrected chi connectivity index (χ3v) is 6.21.